The van der Waals surface area contributed by atoms with Crippen molar-refractivity contribution in [1.82, 2.24) is 4.98 Å². The van der Waals surface area contributed by atoms with Gasteiger partial charge in [-0.1, -0.05) is 0 Å². The number of fused-ring (bicyclic) bond motifs is 1. The van der Waals surface area contributed by atoms with Crippen molar-refractivity contribution in [3.8, 4) is 11.5 Å². The molecule has 0 unspecified atom stereocenters. The number of nitrogens with zero attached hydrogens (tertiary/aromatic N) is 1. The van der Waals surface area contributed by atoms with Gasteiger partial charge >= 0.3 is 0 Å². The van der Waals surface area contributed by atoms with Crippen LogP contribution in [0, 0.1) is 0 Å². The third kappa shape index (κ3) is 2.25. The second kappa shape index (κ2) is 4.91. The minimum Gasteiger partial charge on any atom is -0.490 e. The van der Waals surface area contributed by atoms with Gasteiger partial charge in [0.15, 0.2) is 11.5 Å². The molecule has 17 heavy (non-hydrogen) atoms. The van der Waals surface area contributed by atoms with Gasteiger partial charge in [0.1, 0.15) is 0 Å². The van der Waals surface area contributed by atoms with E-state index >= 15 is 0 Å². The number of anilines is 1. The molecular formula is C13H16N2O2. The zero-order valence-electron chi connectivity index (χ0n) is 10.1. The maximum absolute atomic E-state index is 5.91. The van der Waals surface area contributed by atoms with Crippen LogP contribution in [0.25, 0.3) is 10.9 Å². The molecule has 1 aromatic heterocycles. The number of nitrogen functional groups attached to an aromatic ring is 1. The first kappa shape index (κ1) is 11.5. The molecule has 1 heterocycles. The van der Waals surface area contributed by atoms with Gasteiger partial charge in [-0.05, 0) is 26.0 Å². The summed E-state index contributed by atoms with van der Waals surface area (Å²) < 4.78 is 11.1. The van der Waals surface area contributed by atoms with E-state index < -0.39 is 0 Å². The molecule has 0 aliphatic rings. The van der Waals surface area contributed by atoms with Crippen LogP contribution in [0.5, 0.6) is 11.5 Å². The summed E-state index contributed by atoms with van der Waals surface area (Å²) >= 11 is 0. The number of rotatable bonds is 4. The number of ether oxygens (including phenoxy) is 2. The molecule has 0 fully saturated rings. The second-order valence-corrected chi connectivity index (χ2v) is 3.58. The Morgan fingerprint density at radius 2 is 1.76 bits per heavy atom. The molecule has 0 spiro atoms. The molecule has 0 aliphatic heterocycles. The molecule has 2 N–H and O–H groups in total. The Kier molecular flexibility index (Phi) is 3.32. The highest BCUT2D eigenvalue weighted by molar-refractivity contribution is 5.92. The predicted octanol–water partition coefficient (Wildman–Crippen LogP) is 2.61. The van der Waals surface area contributed by atoms with Crippen LogP contribution < -0.4 is 15.2 Å². The first-order valence-electron chi connectivity index (χ1n) is 5.70. The Bertz CT molecular complexity index is 526. The first-order valence-corrected chi connectivity index (χ1v) is 5.70. The monoisotopic (exact) mass is 232 g/mol. The molecule has 0 saturated heterocycles. The fourth-order valence-corrected chi connectivity index (χ4v) is 1.71. The molecule has 2 rings (SSSR count). The van der Waals surface area contributed by atoms with Crippen LogP contribution in [0.15, 0.2) is 24.4 Å². The Balaban J connectivity index is 2.59. The summed E-state index contributed by atoms with van der Waals surface area (Å²) in [4.78, 5) is 4.27. The zero-order chi connectivity index (χ0) is 12.3. The van der Waals surface area contributed by atoms with E-state index in [1.165, 1.54) is 0 Å². The quantitative estimate of drug-likeness (QED) is 0.880. The van der Waals surface area contributed by atoms with Crippen LogP contribution >= 0.6 is 0 Å². The molecule has 4 heteroatoms. The van der Waals surface area contributed by atoms with Gasteiger partial charge in [0.25, 0.3) is 0 Å². The van der Waals surface area contributed by atoms with Crippen molar-refractivity contribution < 1.29 is 9.47 Å². The lowest BCUT2D eigenvalue weighted by molar-refractivity contribution is 0.288. The zero-order valence-corrected chi connectivity index (χ0v) is 10.1. The summed E-state index contributed by atoms with van der Waals surface area (Å²) in [5, 5.41) is 0.888. The first-order chi connectivity index (χ1) is 8.26. The van der Waals surface area contributed by atoms with E-state index in [0.29, 0.717) is 30.4 Å². The van der Waals surface area contributed by atoms with Crippen LogP contribution in [0.1, 0.15) is 13.8 Å². The number of nitrogens with two attached hydrogens (primary N) is 1. The van der Waals surface area contributed by atoms with Gasteiger partial charge in [0.05, 0.1) is 18.7 Å². The summed E-state index contributed by atoms with van der Waals surface area (Å²) in [6, 6.07) is 5.52. The van der Waals surface area contributed by atoms with E-state index in [2.05, 4.69) is 4.98 Å². The van der Waals surface area contributed by atoms with Crippen molar-refractivity contribution in [2.24, 2.45) is 0 Å². The van der Waals surface area contributed by atoms with Crippen molar-refractivity contribution in [1.29, 1.82) is 0 Å². The summed E-state index contributed by atoms with van der Waals surface area (Å²) in [6.45, 7) is 5.05. The average Bonchev–Trinajstić information content (AvgIpc) is 2.32. The maximum Gasteiger partial charge on any atom is 0.163 e. The topological polar surface area (TPSA) is 57.4 Å². The molecule has 0 radical (unpaired) electrons. The Morgan fingerprint density at radius 1 is 1.12 bits per heavy atom. The van der Waals surface area contributed by atoms with Crippen molar-refractivity contribution >= 4 is 16.6 Å². The van der Waals surface area contributed by atoms with Crippen molar-refractivity contribution in [3.05, 3.63) is 24.4 Å². The molecule has 4 nitrogen and oxygen atoms in total. The lowest BCUT2D eigenvalue weighted by Crippen LogP contribution is -1.99. The number of hydrogen-bond acceptors (Lipinski definition) is 4. The fraction of sp³-hybridized carbons (Fsp3) is 0.308. The summed E-state index contributed by atoms with van der Waals surface area (Å²) in [7, 11) is 0. The van der Waals surface area contributed by atoms with Gasteiger partial charge < -0.3 is 15.2 Å². The van der Waals surface area contributed by atoms with Crippen LogP contribution in [-0.4, -0.2) is 18.2 Å². The number of benzene rings is 1. The van der Waals surface area contributed by atoms with Crippen LogP contribution in [0.2, 0.25) is 0 Å². The highest BCUT2D eigenvalue weighted by atomic mass is 16.5. The van der Waals surface area contributed by atoms with E-state index in [0.717, 1.165) is 10.9 Å². The van der Waals surface area contributed by atoms with E-state index in [9.17, 15) is 0 Å². The summed E-state index contributed by atoms with van der Waals surface area (Å²) in [5.41, 5.74) is 7.42. The van der Waals surface area contributed by atoms with E-state index in [1.54, 1.807) is 12.3 Å². The Hall–Kier alpha value is -1.97. The third-order valence-electron chi connectivity index (χ3n) is 2.44. The standard InChI is InChI=1S/C13H16N2O2/c1-3-16-12-7-9-10(14)5-6-15-11(9)8-13(12)17-4-2/h5-8H,3-4H2,1-2H3,(H2,14,15). The van der Waals surface area contributed by atoms with Crippen LogP contribution in [0.4, 0.5) is 5.69 Å². The van der Waals surface area contributed by atoms with E-state index in [1.807, 2.05) is 26.0 Å². The van der Waals surface area contributed by atoms with E-state index in [-0.39, 0.29) is 0 Å². The molecule has 0 atom stereocenters. The van der Waals surface area contributed by atoms with Gasteiger partial charge in [-0.25, -0.2) is 0 Å². The van der Waals surface area contributed by atoms with Gasteiger partial charge in [-0.15, -0.1) is 0 Å². The Labute approximate surface area is 100 Å². The molecule has 0 amide bonds. The third-order valence-corrected chi connectivity index (χ3v) is 2.44. The number of pyridine rings is 1. The smallest absolute Gasteiger partial charge is 0.163 e. The lowest BCUT2D eigenvalue weighted by Gasteiger charge is -2.12. The molecule has 0 aliphatic carbocycles. The van der Waals surface area contributed by atoms with Crippen molar-refractivity contribution in [2.45, 2.75) is 13.8 Å². The van der Waals surface area contributed by atoms with Crippen molar-refractivity contribution in [2.75, 3.05) is 18.9 Å². The van der Waals surface area contributed by atoms with Crippen molar-refractivity contribution in [3.63, 3.8) is 0 Å². The minimum atomic E-state index is 0.589. The van der Waals surface area contributed by atoms with Gasteiger partial charge in [-0.2, -0.15) is 0 Å². The predicted molar refractivity (Wildman–Crippen MR) is 68.5 cm³/mol. The SMILES string of the molecule is CCOc1cc2nccc(N)c2cc1OCC. The highest BCUT2D eigenvalue weighted by Crippen LogP contribution is 2.33. The van der Waals surface area contributed by atoms with Crippen LogP contribution in [-0.2, 0) is 0 Å². The fourth-order valence-electron chi connectivity index (χ4n) is 1.71. The molecule has 90 valence electrons. The summed E-state index contributed by atoms with van der Waals surface area (Å²) in [5.74, 6) is 1.42. The normalized spacial score (nSPS) is 10.5. The molecule has 0 bridgehead atoms. The van der Waals surface area contributed by atoms with E-state index in [4.69, 9.17) is 15.2 Å². The van der Waals surface area contributed by atoms with Gasteiger partial charge in [0, 0.05) is 23.3 Å². The van der Waals surface area contributed by atoms with Gasteiger partial charge in [-0.3, -0.25) is 4.98 Å². The molecule has 1 aromatic carbocycles. The highest BCUT2D eigenvalue weighted by Gasteiger charge is 2.09. The number of aromatic nitrogens is 1. The van der Waals surface area contributed by atoms with Crippen LogP contribution in [0.3, 0.4) is 0 Å². The maximum atomic E-state index is 5.91. The summed E-state index contributed by atoms with van der Waals surface area (Å²) in [6.07, 6.45) is 1.69. The minimum absolute atomic E-state index is 0.589. The largest absolute Gasteiger partial charge is 0.490 e. The second-order valence-electron chi connectivity index (χ2n) is 3.58. The average molecular weight is 232 g/mol. The molecule has 0 saturated carbocycles. The number of hydrogen-bond donors (Lipinski definition) is 1. The lowest BCUT2D eigenvalue weighted by atomic mass is 10.1. The Morgan fingerprint density at radius 3 is 2.41 bits per heavy atom. The van der Waals surface area contributed by atoms with Gasteiger partial charge in [0.2, 0.25) is 0 Å². The molecular weight excluding hydrogens is 216 g/mol. The molecule has 2 aromatic rings.